The average molecular weight is 180 g/mol. The number of furan rings is 1. The third-order valence-electron chi connectivity index (χ3n) is 1.82. The van der Waals surface area contributed by atoms with Crippen molar-refractivity contribution < 1.29 is 19.1 Å². The Morgan fingerprint density at radius 2 is 2.38 bits per heavy atom. The molecule has 68 valence electrons. The van der Waals surface area contributed by atoms with Crippen LogP contribution < -0.4 is 0 Å². The fourth-order valence-electron chi connectivity index (χ4n) is 1.18. The average Bonchev–Trinajstić information content (AvgIpc) is 2.72. The minimum Gasteiger partial charge on any atom is -0.466 e. The molecule has 4 heteroatoms. The highest BCUT2D eigenvalue weighted by Crippen LogP contribution is 2.23. The van der Waals surface area contributed by atoms with E-state index in [0.29, 0.717) is 5.76 Å². The van der Waals surface area contributed by atoms with Crippen LogP contribution in [0.1, 0.15) is 11.9 Å². The molecule has 0 spiro atoms. The van der Waals surface area contributed by atoms with Crippen molar-refractivity contribution in [2.75, 3.05) is 0 Å². The summed E-state index contributed by atoms with van der Waals surface area (Å²) in [6.45, 7) is 0. The van der Waals surface area contributed by atoms with Gasteiger partial charge in [0.15, 0.2) is 12.2 Å². The highest BCUT2D eigenvalue weighted by Gasteiger charge is 2.27. The van der Waals surface area contributed by atoms with Crippen LogP contribution in [-0.4, -0.2) is 17.2 Å². The van der Waals surface area contributed by atoms with E-state index in [0.717, 1.165) is 0 Å². The number of aliphatic hydroxyl groups excluding tert-OH is 1. The number of ether oxygens (including phenoxy) is 1. The van der Waals surface area contributed by atoms with E-state index in [2.05, 4.69) is 0 Å². The molecule has 0 bridgehead atoms. The molecule has 0 aromatic carbocycles. The molecule has 13 heavy (non-hydrogen) atoms. The molecule has 2 atom stereocenters. The summed E-state index contributed by atoms with van der Waals surface area (Å²) in [4.78, 5) is 10.7. The summed E-state index contributed by atoms with van der Waals surface area (Å²) in [5.74, 6) is -0.0417. The first-order valence-corrected chi connectivity index (χ1v) is 3.87. The molecule has 0 fully saturated rings. The van der Waals surface area contributed by atoms with E-state index in [9.17, 15) is 9.90 Å². The highest BCUT2D eigenvalue weighted by atomic mass is 16.6. The molecule has 1 aliphatic rings. The summed E-state index contributed by atoms with van der Waals surface area (Å²) in [6.07, 6.45) is 2.71. The zero-order chi connectivity index (χ0) is 9.26. The molecule has 0 aliphatic carbocycles. The second kappa shape index (κ2) is 3.06. The van der Waals surface area contributed by atoms with Gasteiger partial charge in [-0.05, 0) is 18.2 Å². The maximum absolute atomic E-state index is 10.7. The second-order valence-electron chi connectivity index (χ2n) is 2.72. The van der Waals surface area contributed by atoms with Crippen LogP contribution in [0.15, 0.2) is 35.0 Å². The molecular formula is C9H8O4. The van der Waals surface area contributed by atoms with E-state index in [4.69, 9.17) is 9.15 Å². The molecule has 0 unspecified atom stereocenters. The van der Waals surface area contributed by atoms with Crippen LogP contribution in [0, 0.1) is 0 Å². The number of carbonyl (C=O) groups is 1. The molecule has 4 nitrogen and oxygen atoms in total. The van der Waals surface area contributed by atoms with Crippen molar-refractivity contribution in [3.63, 3.8) is 0 Å². The molecule has 1 aromatic rings. The monoisotopic (exact) mass is 180 g/mol. The van der Waals surface area contributed by atoms with Gasteiger partial charge in [-0.3, -0.25) is 0 Å². The molecule has 2 heterocycles. The van der Waals surface area contributed by atoms with Crippen molar-refractivity contribution >= 4 is 5.97 Å². The quantitative estimate of drug-likeness (QED) is 0.683. The minimum absolute atomic E-state index is 0.393. The van der Waals surface area contributed by atoms with Crippen molar-refractivity contribution in [3.05, 3.63) is 36.3 Å². The van der Waals surface area contributed by atoms with Crippen molar-refractivity contribution in [3.8, 4) is 0 Å². The number of aliphatic hydroxyl groups is 1. The second-order valence-corrected chi connectivity index (χ2v) is 2.72. The van der Waals surface area contributed by atoms with Gasteiger partial charge in [-0.2, -0.15) is 0 Å². The molecule has 1 aliphatic heterocycles. The van der Waals surface area contributed by atoms with E-state index in [1.54, 1.807) is 12.1 Å². The van der Waals surface area contributed by atoms with Crippen molar-refractivity contribution in [1.29, 1.82) is 0 Å². The maximum atomic E-state index is 10.7. The number of carbonyl (C=O) groups excluding carboxylic acids is 1. The van der Waals surface area contributed by atoms with Crippen molar-refractivity contribution in [1.82, 2.24) is 0 Å². The summed E-state index contributed by atoms with van der Waals surface area (Å²) >= 11 is 0. The first-order valence-electron chi connectivity index (χ1n) is 3.87. The summed E-state index contributed by atoms with van der Waals surface area (Å²) in [6, 6.07) is 3.30. The van der Waals surface area contributed by atoms with Crippen LogP contribution in [0.25, 0.3) is 0 Å². The lowest BCUT2D eigenvalue weighted by molar-refractivity contribution is -0.143. The zero-order valence-corrected chi connectivity index (χ0v) is 6.71. The van der Waals surface area contributed by atoms with Gasteiger partial charge < -0.3 is 14.3 Å². The smallest absolute Gasteiger partial charge is 0.331 e. The van der Waals surface area contributed by atoms with Crippen LogP contribution in [0.3, 0.4) is 0 Å². The Kier molecular flexibility index (Phi) is 1.90. The molecule has 1 N–H and O–H groups in total. The Morgan fingerprint density at radius 1 is 1.54 bits per heavy atom. The Morgan fingerprint density at radius 3 is 2.92 bits per heavy atom. The Balaban J connectivity index is 2.11. The van der Waals surface area contributed by atoms with Crippen LogP contribution in [0.2, 0.25) is 0 Å². The predicted octanol–water partition coefficient (Wildman–Crippen LogP) is 0.795. The molecular weight excluding hydrogens is 172 g/mol. The Hall–Kier alpha value is -1.55. The minimum atomic E-state index is -0.919. The number of hydrogen-bond donors (Lipinski definition) is 1. The summed E-state index contributed by atoms with van der Waals surface area (Å²) in [7, 11) is 0. The first kappa shape index (κ1) is 8.07. The van der Waals surface area contributed by atoms with E-state index >= 15 is 0 Å². The Bertz CT molecular complexity index is 325. The first-order chi connectivity index (χ1) is 6.27. The topological polar surface area (TPSA) is 59.7 Å². The highest BCUT2D eigenvalue weighted by molar-refractivity contribution is 5.84. The van der Waals surface area contributed by atoms with Gasteiger partial charge in [-0.1, -0.05) is 0 Å². The molecule has 0 amide bonds. The lowest BCUT2D eigenvalue weighted by atomic mass is 10.1. The van der Waals surface area contributed by atoms with Crippen LogP contribution >= 0.6 is 0 Å². The Labute approximate surface area is 74.4 Å². The largest absolute Gasteiger partial charge is 0.466 e. The van der Waals surface area contributed by atoms with E-state index < -0.39 is 18.2 Å². The third-order valence-corrected chi connectivity index (χ3v) is 1.82. The van der Waals surface area contributed by atoms with E-state index in [1.807, 2.05) is 0 Å². The third kappa shape index (κ3) is 1.48. The number of rotatable bonds is 2. The van der Waals surface area contributed by atoms with E-state index in [-0.39, 0.29) is 0 Å². The van der Waals surface area contributed by atoms with Gasteiger partial charge in [0.1, 0.15) is 5.76 Å². The normalized spacial score (nSPS) is 23.2. The fourth-order valence-corrected chi connectivity index (χ4v) is 1.18. The number of hydrogen-bond acceptors (Lipinski definition) is 4. The van der Waals surface area contributed by atoms with Gasteiger partial charge in [0.2, 0.25) is 0 Å². The van der Waals surface area contributed by atoms with Crippen LogP contribution in [0.4, 0.5) is 0 Å². The van der Waals surface area contributed by atoms with Gasteiger partial charge in [0, 0.05) is 6.08 Å². The van der Waals surface area contributed by atoms with Crippen molar-refractivity contribution in [2.24, 2.45) is 0 Å². The van der Waals surface area contributed by atoms with Crippen molar-refractivity contribution in [2.45, 2.75) is 12.2 Å². The van der Waals surface area contributed by atoms with Crippen LogP contribution in [-0.2, 0) is 9.53 Å². The molecule has 0 saturated heterocycles. The summed E-state index contributed by atoms with van der Waals surface area (Å²) in [5, 5.41) is 9.60. The SMILES string of the molecule is O=C1C=C[C@H]([C@H](O)c2ccco2)O1. The molecule has 0 radical (unpaired) electrons. The van der Waals surface area contributed by atoms with Gasteiger partial charge in [0.25, 0.3) is 0 Å². The molecule has 0 saturated carbocycles. The van der Waals surface area contributed by atoms with Gasteiger partial charge >= 0.3 is 5.97 Å². The fraction of sp³-hybridized carbons (Fsp3) is 0.222. The predicted molar refractivity (Wildman–Crippen MR) is 42.7 cm³/mol. The standard InChI is InChI=1S/C9H8O4/c10-8-4-3-7(13-8)9(11)6-2-1-5-12-6/h1-5,7,9,11H/t7-,9-/m1/s1. The molecule has 1 aromatic heterocycles. The van der Waals surface area contributed by atoms with Crippen LogP contribution in [0.5, 0.6) is 0 Å². The maximum Gasteiger partial charge on any atom is 0.331 e. The zero-order valence-electron chi connectivity index (χ0n) is 6.71. The lowest BCUT2D eigenvalue weighted by Gasteiger charge is -2.13. The van der Waals surface area contributed by atoms with Gasteiger partial charge in [0.05, 0.1) is 6.26 Å². The lowest BCUT2D eigenvalue weighted by Crippen LogP contribution is -2.17. The number of esters is 1. The number of cyclic esters (lactones) is 1. The van der Waals surface area contributed by atoms with Gasteiger partial charge in [-0.25, -0.2) is 4.79 Å². The summed E-state index contributed by atoms with van der Waals surface area (Å²) in [5.41, 5.74) is 0. The molecule has 2 rings (SSSR count). The van der Waals surface area contributed by atoms with Gasteiger partial charge in [-0.15, -0.1) is 0 Å². The van der Waals surface area contributed by atoms with E-state index in [1.165, 1.54) is 18.4 Å². The summed E-state index contributed by atoms with van der Waals surface area (Å²) < 4.78 is 9.75.